The van der Waals surface area contributed by atoms with E-state index in [1.807, 2.05) is 11.8 Å². The summed E-state index contributed by atoms with van der Waals surface area (Å²) in [5.41, 5.74) is 0.584. The van der Waals surface area contributed by atoms with Crippen LogP contribution in [-0.2, 0) is 4.79 Å². The molecule has 1 aliphatic heterocycles. The lowest BCUT2D eigenvalue weighted by molar-refractivity contribution is -0.143. The Morgan fingerprint density at radius 3 is 2.80 bits per heavy atom. The first-order chi connectivity index (χ1) is 9.50. The van der Waals surface area contributed by atoms with Gasteiger partial charge in [-0.2, -0.15) is 8.78 Å². The van der Waals surface area contributed by atoms with Gasteiger partial charge in [-0.1, -0.05) is 18.2 Å². The number of likely N-dealkylation sites (tertiary alicyclic amines) is 1. The fraction of sp³-hybridized carbons (Fsp3) is 0.500. The van der Waals surface area contributed by atoms with Crippen LogP contribution in [0.4, 0.5) is 8.78 Å². The van der Waals surface area contributed by atoms with Gasteiger partial charge in [0.15, 0.2) is 0 Å². The minimum atomic E-state index is -2.89. The van der Waals surface area contributed by atoms with Crippen molar-refractivity contribution in [3.05, 3.63) is 29.8 Å². The molecular weight excluding hydrogens is 268 g/mol. The van der Waals surface area contributed by atoms with Crippen molar-refractivity contribution in [2.24, 2.45) is 0 Å². The number of carboxylic acids is 1. The van der Waals surface area contributed by atoms with E-state index in [0.717, 1.165) is 6.42 Å². The van der Waals surface area contributed by atoms with Gasteiger partial charge in [0.2, 0.25) is 0 Å². The van der Waals surface area contributed by atoms with Crippen molar-refractivity contribution in [3.8, 4) is 5.75 Å². The van der Waals surface area contributed by atoms with Crippen LogP contribution < -0.4 is 4.74 Å². The summed E-state index contributed by atoms with van der Waals surface area (Å²) in [6.45, 7) is -0.437. The Labute approximate surface area is 116 Å². The van der Waals surface area contributed by atoms with Crippen LogP contribution in [0.1, 0.15) is 31.4 Å². The average Bonchev–Trinajstić information content (AvgIpc) is 2.87. The Bertz CT molecular complexity index is 481. The molecule has 1 aliphatic rings. The number of aliphatic carboxylic acids is 1. The van der Waals surface area contributed by atoms with Crippen LogP contribution in [0.2, 0.25) is 0 Å². The molecule has 2 rings (SSSR count). The molecular formula is C14H17F2NO3. The van der Waals surface area contributed by atoms with Gasteiger partial charge in [-0.15, -0.1) is 0 Å². The fourth-order valence-corrected chi connectivity index (χ4v) is 2.73. The molecule has 0 saturated carbocycles. The Hall–Kier alpha value is -1.69. The van der Waals surface area contributed by atoms with Crippen molar-refractivity contribution in [2.75, 3.05) is 6.54 Å². The third-order valence-electron chi connectivity index (χ3n) is 3.66. The predicted molar refractivity (Wildman–Crippen MR) is 68.9 cm³/mol. The number of carbonyl (C=O) groups is 1. The standard InChI is InChI=1S/C14H17F2NO3/c1-9(17-8-4-6-11(17)13(18)19)10-5-2-3-7-12(10)20-14(15)16/h2-3,5,7,9,11,14H,4,6,8H2,1H3,(H,18,19). The van der Waals surface area contributed by atoms with Crippen LogP contribution in [0.15, 0.2) is 24.3 Å². The van der Waals surface area contributed by atoms with Gasteiger partial charge in [-0.3, -0.25) is 9.69 Å². The first-order valence-corrected chi connectivity index (χ1v) is 6.53. The largest absolute Gasteiger partial charge is 0.480 e. The zero-order chi connectivity index (χ0) is 14.7. The number of nitrogens with zero attached hydrogens (tertiary/aromatic N) is 1. The summed E-state index contributed by atoms with van der Waals surface area (Å²) in [7, 11) is 0. The van der Waals surface area contributed by atoms with Crippen LogP contribution >= 0.6 is 0 Å². The topological polar surface area (TPSA) is 49.8 Å². The summed E-state index contributed by atoms with van der Waals surface area (Å²) >= 11 is 0. The molecule has 4 nitrogen and oxygen atoms in total. The lowest BCUT2D eigenvalue weighted by Crippen LogP contribution is -2.37. The quantitative estimate of drug-likeness (QED) is 0.903. The molecule has 0 spiro atoms. The lowest BCUT2D eigenvalue weighted by Gasteiger charge is -2.29. The van der Waals surface area contributed by atoms with Crippen molar-refractivity contribution >= 4 is 5.97 Å². The third kappa shape index (κ3) is 3.07. The van der Waals surface area contributed by atoms with Crippen LogP contribution in [-0.4, -0.2) is 35.2 Å². The van der Waals surface area contributed by atoms with E-state index in [1.165, 1.54) is 6.07 Å². The monoisotopic (exact) mass is 285 g/mol. The molecule has 2 unspecified atom stereocenters. The number of para-hydroxylation sites is 1. The summed E-state index contributed by atoms with van der Waals surface area (Å²) in [5, 5.41) is 9.20. The molecule has 0 radical (unpaired) electrons. The van der Waals surface area contributed by atoms with E-state index < -0.39 is 18.6 Å². The minimum Gasteiger partial charge on any atom is -0.480 e. The number of halogens is 2. The van der Waals surface area contributed by atoms with Crippen LogP contribution in [0.3, 0.4) is 0 Å². The Kier molecular flexibility index (Phi) is 4.54. The molecule has 1 fully saturated rings. The molecule has 0 amide bonds. The highest BCUT2D eigenvalue weighted by atomic mass is 19.3. The number of benzene rings is 1. The zero-order valence-corrected chi connectivity index (χ0v) is 11.1. The summed E-state index contributed by atoms with van der Waals surface area (Å²) in [4.78, 5) is 13.0. The second-order valence-electron chi connectivity index (χ2n) is 4.83. The highest BCUT2D eigenvalue weighted by molar-refractivity contribution is 5.74. The maximum absolute atomic E-state index is 12.4. The molecule has 0 aliphatic carbocycles. The van der Waals surface area contributed by atoms with Gasteiger partial charge in [-0.25, -0.2) is 0 Å². The molecule has 1 saturated heterocycles. The zero-order valence-electron chi connectivity index (χ0n) is 11.1. The van der Waals surface area contributed by atoms with Crippen LogP contribution in [0.25, 0.3) is 0 Å². The van der Waals surface area contributed by atoms with E-state index in [0.29, 0.717) is 18.5 Å². The van der Waals surface area contributed by atoms with Crippen LogP contribution in [0, 0.1) is 0 Å². The van der Waals surface area contributed by atoms with Crippen molar-refractivity contribution in [1.29, 1.82) is 0 Å². The highest BCUT2D eigenvalue weighted by Gasteiger charge is 2.35. The van der Waals surface area contributed by atoms with E-state index in [1.54, 1.807) is 18.2 Å². The fourth-order valence-electron chi connectivity index (χ4n) is 2.73. The summed E-state index contributed by atoms with van der Waals surface area (Å²) in [6.07, 6.45) is 1.37. The highest BCUT2D eigenvalue weighted by Crippen LogP contribution is 2.34. The molecule has 1 heterocycles. The van der Waals surface area contributed by atoms with Crippen molar-refractivity contribution in [3.63, 3.8) is 0 Å². The molecule has 1 N–H and O–H groups in total. The summed E-state index contributed by atoms with van der Waals surface area (Å²) in [6, 6.07) is 5.67. The number of hydrogen-bond acceptors (Lipinski definition) is 3. The van der Waals surface area contributed by atoms with E-state index in [4.69, 9.17) is 0 Å². The lowest BCUT2D eigenvalue weighted by atomic mass is 10.0. The van der Waals surface area contributed by atoms with Crippen molar-refractivity contribution < 1.29 is 23.4 Å². The first kappa shape index (κ1) is 14.7. The number of hydrogen-bond donors (Lipinski definition) is 1. The number of carboxylic acid groups (broad SMARTS) is 1. The second kappa shape index (κ2) is 6.17. The van der Waals surface area contributed by atoms with Crippen LogP contribution in [0.5, 0.6) is 5.75 Å². The molecule has 110 valence electrons. The molecule has 1 aromatic carbocycles. The first-order valence-electron chi connectivity index (χ1n) is 6.53. The molecule has 20 heavy (non-hydrogen) atoms. The van der Waals surface area contributed by atoms with Gasteiger partial charge in [0, 0.05) is 11.6 Å². The van der Waals surface area contributed by atoms with Crippen molar-refractivity contribution in [2.45, 2.75) is 38.5 Å². The summed E-state index contributed by atoms with van der Waals surface area (Å²) < 4.78 is 29.3. The number of ether oxygens (including phenoxy) is 1. The minimum absolute atomic E-state index is 0.103. The Balaban J connectivity index is 2.24. The molecule has 6 heteroatoms. The summed E-state index contributed by atoms with van der Waals surface area (Å²) in [5.74, 6) is -0.771. The third-order valence-corrected chi connectivity index (χ3v) is 3.66. The van der Waals surface area contributed by atoms with Gasteiger partial charge >= 0.3 is 12.6 Å². The Morgan fingerprint density at radius 1 is 1.45 bits per heavy atom. The van der Waals surface area contributed by atoms with E-state index >= 15 is 0 Å². The molecule has 0 aromatic heterocycles. The Morgan fingerprint density at radius 2 is 2.15 bits per heavy atom. The normalized spacial score (nSPS) is 21.1. The van der Waals surface area contributed by atoms with Gasteiger partial charge < -0.3 is 9.84 Å². The maximum Gasteiger partial charge on any atom is 0.387 e. The second-order valence-corrected chi connectivity index (χ2v) is 4.83. The van der Waals surface area contributed by atoms with Gasteiger partial charge in [-0.05, 0) is 32.4 Å². The van der Waals surface area contributed by atoms with Gasteiger partial charge in [0.25, 0.3) is 0 Å². The SMILES string of the molecule is CC(c1ccccc1OC(F)F)N1CCCC1C(=O)O. The maximum atomic E-state index is 12.4. The van der Waals surface area contributed by atoms with E-state index in [9.17, 15) is 18.7 Å². The predicted octanol–water partition coefficient (Wildman–Crippen LogP) is 2.90. The number of rotatable bonds is 5. The molecule has 2 atom stereocenters. The number of alkyl halides is 2. The molecule has 1 aromatic rings. The smallest absolute Gasteiger partial charge is 0.387 e. The van der Waals surface area contributed by atoms with Gasteiger partial charge in [0.1, 0.15) is 11.8 Å². The van der Waals surface area contributed by atoms with Gasteiger partial charge in [0.05, 0.1) is 0 Å². The van der Waals surface area contributed by atoms with E-state index in [-0.39, 0.29) is 11.8 Å². The van der Waals surface area contributed by atoms with E-state index in [2.05, 4.69) is 4.74 Å². The van der Waals surface area contributed by atoms with Crippen molar-refractivity contribution in [1.82, 2.24) is 4.90 Å². The molecule has 0 bridgehead atoms. The average molecular weight is 285 g/mol.